The summed E-state index contributed by atoms with van der Waals surface area (Å²) in [4.78, 5) is 4.35. The Kier molecular flexibility index (Phi) is 3.95. The van der Waals surface area contributed by atoms with Gasteiger partial charge in [-0.2, -0.15) is 4.98 Å². The summed E-state index contributed by atoms with van der Waals surface area (Å²) in [6.07, 6.45) is 0. The van der Waals surface area contributed by atoms with Crippen LogP contribution in [0.4, 0.5) is 4.39 Å². The molecule has 1 atom stereocenters. The molecule has 1 heterocycles. The topological polar surface area (TPSA) is 64.9 Å². The molecule has 2 aromatic rings. The van der Waals surface area contributed by atoms with Crippen molar-refractivity contribution in [2.45, 2.75) is 26.7 Å². The zero-order valence-electron chi connectivity index (χ0n) is 11.4. The fourth-order valence-electron chi connectivity index (χ4n) is 1.99. The number of hydrogen-bond acceptors (Lipinski definition) is 4. The van der Waals surface area contributed by atoms with Crippen LogP contribution in [0.2, 0.25) is 0 Å². The van der Waals surface area contributed by atoms with Gasteiger partial charge in [0.15, 0.2) is 0 Å². The van der Waals surface area contributed by atoms with Crippen molar-refractivity contribution in [2.24, 2.45) is 11.7 Å². The summed E-state index contributed by atoms with van der Waals surface area (Å²) in [5, 5.41) is 3.93. The number of hydrogen-bond donors (Lipinski definition) is 1. The summed E-state index contributed by atoms with van der Waals surface area (Å²) in [5.41, 5.74) is 7.27. The largest absolute Gasteiger partial charge is 0.339 e. The Labute approximate surface area is 111 Å². The Morgan fingerprint density at radius 2 is 2.11 bits per heavy atom. The van der Waals surface area contributed by atoms with Crippen molar-refractivity contribution in [3.05, 3.63) is 35.5 Å². The van der Waals surface area contributed by atoms with Gasteiger partial charge in [-0.25, -0.2) is 4.39 Å². The first-order valence-corrected chi connectivity index (χ1v) is 6.33. The highest BCUT2D eigenvalue weighted by Crippen LogP contribution is 2.26. The van der Waals surface area contributed by atoms with Gasteiger partial charge in [-0.05, 0) is 30.5 Å². The highest BCUT2D eigenvalue weighted by Gasteiger charge is 2.22. The fraction of sp³-hybridized carbons (Fsp3) is 0.429. The number of nitrogens with two attached hydrogens (primary N) is 1. The third-order valence-electron chi connectivity index (χ3n) is 3.26. The SMILES string of the molecule is Cc1ccc(F)cc1-c1noc(C(CN)C(C)C)n1. The van der Waals surface area contributed by atoms with Gasteiger partial charge in [0.05, 0.1) is 5.92 Å². The van der Waals surface area contributed by atoms with E-state index in [9.17, 15) is 4.39 Å². The number of halogens is 1. The van der Waals surface area contributed by atoms with E-state index in [4.69, 9.17) is 10.3 Å². The van der Waals surface area contributed by atoms with E-state index in [0.29, 0.717) is 29.7 Å². The molecule has 4 nitrogen and oxygen atoms in total. The predicted octanol–water partition coefficient (Wildman–Crippen LogP) is 2.88. The van der Waals surface area contributed by atoms with Gasteiger partial charge in [-0.15, -0.1) is 0 Å². The van der Waals surface area contributed by atoms with Gasteiger partial charge in [-0.1, -0.05) is 25.1 Å². The molecule has 1 unspecified atom stereocenters. The molecule has 1 aromatic carbocycles. The number of aromatic nitrogens is 2. The summed E-state index contributed by atoms with van der Waals surface area (Å²) in [6, 6.07) is 4.52. The van der Waals surface area contributed by atoms with Crippen LogP contribution in [0, 0.1) is 18.7 Å². The molecule has 0 spiro atoms. The van der Waals surface area contributed by atoms with Crippen molar-refractivity contribution in [1.82, 2.24) is 10.1 Å². The summed E-state index contributed by atoms with van der Waals surface area (Å²) < 4.78 is 18.6. The Morgan fingerprint density at radius 1 is 1.37 bits per heavy atom. The fourth-order valence-corrected chi connectivity index (χ4v) is 1.99. The standard InChI is InChI=1S/C14H18FN3O/c1-8(2)12(7-16)14-17-13(18-19-14)11-6-10(15)5-4-9(11)3/h4-6,8,12H,7,16H2,1-3H3. The Bertz CT molecular complexity index is 566. The van der Waals surface area contributed by atoms with Crippen molar-refractivity contribution in [2.75, 3.05) is 6.54 Å². The monoisotopic (exact) mass is 263 g/mol. The van der Waals surface area contributed by atoms with Crippen LogP contribution in [-0.4, -0.2) is 16.7 Å². The lowest BCUT2D eigenvalue weighted by Crippen LogP contribution is -2.18. The van der Waals surface area contributed by atoms with Gasteiger partial charge >= 0.3 is 0 Å². The molecular weight excluding hydrogens is 245 g/mol. The van der Waals surface area contributed by atoms with E-state index in [1.165, 1.54) is 12.1 Å². The number of nitrogens with zero attached hydrogens (tertiary/aromatic N) is 2. The van der Waals surface area contributed by atoms with Gasteiger partial charge in [0.2, 0.25) is 11.7 Å². The van der Waals surface area contributed by atoms with Crippen molar-refractivity contribution >= 4 is 0 Å². The zero-order chi connectivity index (χ0) is 14.0. The molecule has 0 aliphatic carbocycles. The lowest BCUT2D eigenvalue weighted by Gasteiger charge is -2.13. The Balaban J connectivity index is 2.38. The molecule has 2 N–H and O–H groups in total. The van der Waals surface area contributed by atoms with Crippen LogP contribution in [0.15, 0.2) is 22.7 Å². The quantitative estimate of drug-likeness (QED) is 0.921. The third kappa shape index (κ3) is 2.81. The molecule has 0 fully saturated rings. The third-order valence-corrected chi connectivity index (χ3v) is 3.26. The first-order chi connectivity index (χ1) is 9.02. The van der Waals surface area contributed by atoms with Gasteiger partial charge < -0.3 is 10.3 Å². The molecule has 0 bridgehead atoms. The first-order valence-electron chi connectivity index (χ1n) is 6.33. The van der Waals surface area contributed by atoms with E-state index in [2.05, 4.69) is 24.0 Å². The minimum atomic E-state index is -0.314. The van der Waals surface area contributed by atoms with E-state index >= 15 is 0 Å². The van der Waals surface area contributed by atoms with Crippen molar-refractivity contribution < 1.29 is 8.91 Å². The van der Waals surface area contributed by atoms with Gasteiger partial charge in [0.25, 0.3) is 0 Å². The molecule has 2 rings (SSSR count). The average molecular weight is 263 g/mol. The van der Waals surface area contributed by atoms with Gasteiger partial charge in [0.1, 0.15) is 5.82 Å². The van der Waals surface area contributed by atoms with Crippen LogP contribution < -0.4 is 5.73 Å². The van der Waals surface area contributed by atoms with E-state index in [0.717, 1.165) is 5.56 Å². The number of rotatable bonds is 4. The average Bonchev–Trinajstić information content (AvgIpc) is 2.82. The normalized spacial score (nSPS) is 12.9. The van der Waals surface area contributed by atoms with E-state index in [1.807, 2.05) is 6.92 Å². The summed E-state index contributed by atoms with van der Waals surface area (Å²) >= 11 is 0. The Morgan fingerprint density at radius 3 is 2.74 bits per heavy atom. The lowest BCUT2D eigenvalue weighted by atomic mass is 9.96. The maximum Gasteiger partial charge on any atom is 0.231 e. The first kappa shape index (κ1) is 13.7. The molecule has 5 heteroatoms. The Hall–Kier alpha value is -1.75. The van der Waals surface area contributed by atoms with Crippen molar-refractivity contribution in [1.29, 1.82) is 0 Å². The predicted molar refractivity (Wildman–Crippen MR) is 71.1 cm³/mol. The van der Waals surface area contributed by atoms with Crippen molar-refractivity contribution in [3.63, 3.8) is 0 Å². The van der Waals surface area contributed by atoms with Crippen LogP contribution in [0.1, 0.15) is 31.2 Å². The maximum absolute atomic E-state index is 13.3. The molecule has 0 saturated heterocycles. The molecule has 0 aliphatic rings. The highest BCUT2D eigenvalue weighted by molar-refractivity contribution is 5.59. The number of aryl methyl sites for hydroxylation is 1. The molecule has 0 amide bonds. The van der Waals surface area contributed by atoms with Gasteiger partial charge in [0, 0.05) is 12.1 Å². The summed E-state index contributed by atoms with van der Waals surface area (Å²) in [6.45, 7) is 6.43. The molecule has 1 aromatic heterocycles. The van der Waals surface area contributed by atoms with E-state index in [-0.39, 0.29) is 11.7 Å². The minimum absolute atomic E-state index is 0.0233. The minimum Gasteiger partial charge on any atom is -0.339 e. The van der Waals surface area contributed by atoms with Crippen LogP contribution in [0.3, 0.4) is 0 Å². The molecule has 19 heavy (non-hydrogen) atoms. The second kappa shape index (κ2) is 5.48. The molecule has 0 radical (unpaired) electrons. The summed E-state index contributed by atoms with van der Waals surface area (Å²) in [7, 11) is 0. The van der Waals surface area contributed by atoms with E-state index in [1.54, 1.807) is 6.07 Å². The molecule has 102 valence electrons. The van der Waals surface area contributed by atoms with E-state index < -0.39 is 0 Å². The van der Waals surface area contributed by atoms with Crippen LogP contribution in [0.25, 0.3) is 11.4 Å². The van der Waals surface area contributed by atoms with Crippen LogP contribution >= 0.6 is 0 Å². The maximum atomic E-state index is 13.3. The van der Waals surface area contributed by atoms with Gasteiger partial charge in [-0.3, -0.25) is 0 Å². The molecule has 0 saturated carbocycles. The lowest BCUT2D eigenvalue weighted by molar-refractivity contribution is 0.324. The zero-order valence-corrected chi connectivity index (χ0v) is 11.4. The van der Waals surface area contributed by atoms with Crippen LogP contribution in [0.5, 0.6) is 0 Å². The highest BCUT2D eigenvalue weighted by atomic mass is 19.1. The van der Waals surface area contributed by atoms with Crippen LogP contribution in [-0.2, 0) is 0 Å². The number of benzene rings is 1. The molecular formula is C14H18FN3O. The second-order valence-corrected chi connectivity index (χ2v) is 5.00. The smallest absolute Gasteiger partial charge is 0.231 e. The molecule has 0 aliphatic heterocycles. The van der Waals surface area contributed by atoms with Crippen molar-refractivity contribution in [3.8, 4) is 11.4 Å². The second-order valence-electron chi connectivity index (χ2n) is 5.00. The summed E-state index contributed by atoms with van der Waals surface area (Å²) in [5.74, 6) is 0.940.